The normalized spacial score (nSPS) is 17.2. The number of hydrogen-bond acceptors (Lipinski definition) is 3. The van der Waals surface area contributed by atoms with Crippen molar-refractivity contribution in [1.29, 1.82) is 0 Å². The number of ether oxygens (including phenoxy) is 1. The number of amides is 1. The molecular weight excluding hydrogens is 326 g/mol. The molecule has 1 fully saturated rings. The highest BCUT2D eigenvalue weighted by atomic mass is 16.7. The first-order valence-corrected chi connectivity index (χ1v) is 9.59. The molecule has 4 rings (SSSR count). The van der Waals surface area contributed by atoms with Crippen molar-refractivity contribution in [3.05, 3.63) is 59.7 Å². The minimum atomic E-state index is -0.504. The van der Waals surface area contributed by atoms with E-state index in [1.54, 1.807) is 0 Å². The summed E-state index contributed by atoms with van der Waals surface area (Å²) in [6.45, 7) is 0.313. The zero-order valence-electron chi connectivity index (χ0n) is 14.9. The Morgan fingerprint density at radius 1 is 0.885 bits per heavy atom. The first kappa shape index (κ1) is 17.1. The predicted molar refractivity (Wildman–Crippen MR) is 101 cm³/mol. The molecule has 0 radical (unpaired) electrons. The first-order valence-electron chi connectivity index (χ1n) is 9.59. The van der Waals surface area contributed by atoms with E-state index in [4.69, 9.17) is 9.57 Å². The highest BCUT2D eigenvalue weighted by Gasteiger charge is 2.29. The molecule has 2 aromatic rings. The quantitative estimate of drug-likeness (QED) is 0.610. The summed E-state index contributed by atoms with van der Waals surface area (Å²) in [6, 6.07) is 16.7. The van der Waals surface area contributed by atoms with E-state index < -0.39 is 6.09 Å². The lowest BCUT2D eigenvalue weighted by molar-refractivity contribution is -0.0299. The van der Waals surface area contributed by atoms with Crippen molar-refractivity contribution < 1.29 is 14.4 Å². The van der Waals surface area contributed by atoms with Crippen molar-refractivity contribution in [2.45, 2.75) is 50.5 Å². The second-order valence-corrected chi connectivity index (χ2v) is 7.16. The lowest BCUT2D eigenvalue weighted by Gasteiger charge is -2.17. The van der Waals surface area contributed by atoms with Crippen LogP contribution >= 0.6 is 0 Å². The van der Waals surface area contributed by atoms with E-state index in [1.807, 2.05) is 24.3 Å². The molecule has 4 heteroatoms. The van der Waals surface area contributed by atoms with E-state index in [2.05, 4.69) is 29.7 Å². The van der Waals surface area contributed by atoms with E-state index in [0.29, 0.717) is 6.61 Å². The van der Waals surface area contributed by atoms with Crippen LogP contribution in [0.5, 0.6) is 0 Å². The summed E-state index contributed by atoms with van der Waals surface area (Å²) >= 11 is 0. The van der Waals surface area contributed by atoms with Gasteiger partial charge in [-0.3, -0.25) is 4.84 Å². The third-order valence-corrected chi connectivity index (χ3v) is 5.45. The molecule has 0 unspecified atom stereocenters. The number of carbonyl (C=O) groups excluding carboxylic acids is 1. The van der Waals surface area contributed by atoms with Gasteiger partial charge in [0.1, 0.15) is 6.61 Å². The van der Waals surface area contributed by atoms with Gasteiger partial charge in [-0.15, -0.1) is 0 Å². The van der Waals surface area contributed by atoms with Gasteiger partial charge in [-0.2, -0.15) is 5.48 Å². The Bertz CT molecular complexity index is 720. The van der Waals surface area contributed by atoms with Gasteiger partial charge in [0.15, 0.2) is 0 Å². The summed E-state index contributed by atoms with van der Waals surface area (Å²) in [7, 11) is 0. The Hall–Kier alpha value is -2.33. The van der Waals surface area contributed by atoms with E-state index >= 15 is 0 Å². The van der Waals surface area contributed by atoms with Gasteiger partial charge >= 0.3 is 6.09 Å². The molecule has 0 atom stereocenters. The van der Waals surface area contributed by atoms with Gasteiger partial charge in [0.05, 0.1) is 6.10 Å². The highest BCUT2D eigenvalue weighted by Crippen LogP contribution is 2.44. The number of nitrogens with one attached hydrogen (secondary N) is 1. The number of hydroxylamine groups is 1. The Morgan fingerprint density at radius 2 is 1.46 bits per heavy atom. The Kier molecular flexibility index (Phi) is 5.21. The number of carbonyl (C=O) groups is 1. The van der Waals surface area contributed by atoms with Gasteiger partial charge in [-0.05, 0) is 35.1 Å². The molecule has 0 spiro atoms. The average Bonchev–Trinajstić information content (AvgIpc) is 2.82. The topological polar surface area (TPSA) is 47.6 Å². The van der Waals surface area contributed by atoms with Crippen molar-refractivity contribution in [3.8, 4) is 11.1 Å². The van der Waals surface area contributed by atoms with E-state index in [0.717, 1.165) is 25.7 Å². The number of rotatable bonds is 4. The zero-order chi connectivity index (χ0) is 17.8. The molecule has 0 heterocycles. The Balaban J connectivity index is 1.36. The second-order valence-electron chi connectivity index (χ2n) is 7.16. The van der Waals surface area contributed by atoms with Crippen LogP contribution in [0.15, 0.2) is 48.5 Å². The summed E-state index contributed by atoms with van der Waals surface area (Å²) in [4.78, 5) is 17.6. The smallest absolute Gasteiger partial charge is 0.431 e. The molecule has 0 aliphatic heterocycles. The van der Waals surface area contributed by atoms with E-state index in [-0.39, 0.29) is 12.0 Å². The molecule has 1 saturated carbocycles. The van der Waals surface area contributed by atoms with Crippen LogP contribution in [0.3, 0.4) is 0 Å². The fourth-order valence-electron chi connectivity index (χ4n) is 4.12. The summed E-state index contributed by atoms with van der Waals surface area (Å²) in [5.74, 6) is 0.0750. The van der Waals surface area contributed by atoms with Crippen LogP contribution in [0.2, 0.25) is 0 Å². The maximum absolute atomic E-state index is 12.1. The third-order valence-electron chi connectivity index (χ3n) is 5.45. The van der Waals surface area contributed by atoms with Gasteiger partial charge in [-0.1, -0.05) is 74.2 Å². The standard InChI is InChI=1S/C22H25NO3/c24-22(23-26-16-9-3-1-2-4-10-16)25-15-21-19-13-7-5-11-17(19)18-12-6-8-14-20(18)21/h5-8,11-14,16,21H,1-4,9-10,15H2,(H,23,24). The zero-order valence-corrected chi connectivity index (χ0v) is 14.9. The van der Waals surface area contributed by atoms with Crippen molar-refractivity contribution >= 4 is 6.09 Å². The lowest BCUT2D eigenvalue weighted by Crippen LogP contribution is -2.31. The average molecular weight is 351 g/mol. The third kappa shape index (κ3) is 3.61. The Labute approximate surface area is 154 Å². The number of hydrogen-bond donors (Lipinski definition) is 1. The first-order chi connectivity index (χ1) is 12.8. The van der Waals surface area contributed by atoms with Crippen LogP contribution in [0.25, 0.3) is 11.1 Å². The minimum absolute atomic E-state index is 0.0750. The van der Waals surface area contributed by atoms with Crippen LogP contribution in [-0.4, -0.2) is 18.8 Å². The molecule has 136 valence electrons. The van der Waals surface area contributed by atoms with Crippen LogP contribution in [-0.2, 0) is 9.57 Å². The largest absolute Gasteiger partial charge is 0.447 e. The molecule has 2 aromatic carbocycles. The van der Waals surface area contributed by atoms with Crippen LogP contribution in [0.1, 0.15) is 55.6 Å². The molecule has 1 amide bonds. The molecule has 2 aliphatic rings. The lowest BCUT2D eigenvalue weighted by atomic mass is 9.98. The van der Waals surface area contributed by atoms with E-state index in [9.17, 15) is 4.79 Å². The molecule has 0 saturated heterocycles. The van der Waals surface area contributed by atoms with Gasteiger partial charge in [0, 0.05) is 5.92 Å². The van der Waals surface area contributed by atoms with Gasteiger partial charge < -0.3 is 4.74 Å². The molecular formula is C22H25NO3. The molecule has 0 aromatic heterocycles. The van der Waals surface area contributed by atoms with Crippen molar-refractivity contribution in [3.63, 3.8) is 0 Å². The van der Waals surface area contributed by atoms with E-state index in [1.165, 1.54) is 35.1 Å². The maximum Gasteiger partial charge on any atom is 0.431 e. The molecule has 2 aliphatic carbocycles. The van der Waals surface area contributed by atoms with Gasteiger partial charge in [0.2, 0.25) is 0 Å². The summed E-state index contributed by atoms with van der Waals surface area (Å²) in [6.07, 6.45) is 6.45. The van der Waals surface area contributed by atoms with Crippen molar-refractivity contribution in [1.82, 2.24) is 5.48 Å². The summed E-state index contributed by atoms with van der Waals surface area (Å²) in [5, 5.41) is 0. The fourth-order valence-corrected chi connectivity index (χ4v) is 4.12. The van der Waals surface area contributed by atoms with Gasteiger partial charge in [0.25, 0.3) is 0 Å². The number of fused-ring (bicyclic) bond motifs is 3. The second kappa shape index (κ2) is 7.92. The maximum atomic E-state index is 12.1. The molecule has 26 heavy (non-hydrogen) atoms. The van der Waals surface area contributed by atoms with Crippen LogP contribution in [0.4, 0.5) is 4.79 Å². The molecule has 4 nitrogen and oxygen atoms in total. The predicted octanol–water partition coefficient (Wildman–Crippen LogP) is 5.18. The Morgan fingerprint density at radius 3 is 2.08 bits per heavy atom. The van der Waals surface area contributed by atoms with Crippen molar-refractivity contribution in [2.75, 3.05) is 6.61 Å². The molecule has 1 N–H and O–H groups in total. The molecule has 0 bridgehead atoms. The fraction of sp³-hybridized carbons (Fsp3) is 0.409. The number of benzene rings is 2. The highest BCUT2D eigenvalue weighted by molar-refractivity contribution is 5.79. The van der Waals surface area contributed by atoms with Crippen LogP contribution in [0, 0.1) is 0 Å². The monoisotopic (exact) mass is 351 g/mol. The summed E-state index contributed by atoms with van der Waals surface area (Å²) < 4.78 is 5.49. The van der Waals surface area contributed by atoms with Gasteiger partial charge in [-0.25, -0.2) is 4.79 Å². The SMILES string of the molecule is O=C(NOC1CCCCCC1)OCC1c2ccccc2-c2ccccc21. The summed E-state index contributed by atoms with van der Waals surface area (Å²) in [5.41, 5.74) is 7.38. The minimum Gasteiger partial charge on any atom is -0.447 e. The van der Waals surface area contributed by atoms with Crippen LogP contribution < -0.4 is 5.48 Å². The van der Waals surface area contributed by atoms with Crippen molar-refractivity contribution in [2.24, 2.45) is 0 Å².